The average molecular weight is 284 g/mol. The monoisotopic (exact) mass is 284 g/mol. The summed E-state index contributed by atoms with van der Waals surface area (Å²) < 4.78 is 10.6. The molecule has 6 heteroatoms. The van der Waals surface area contributed by atoms with E-state index in [-0.39, 0.29) is 24.6 Å². The van der Waals surface area contributed by atoms with Crippen LogP contribution in [0.5, 0.6) is 0 Å². The fourth-order valence-corrected chi connectivity index (χ4v) is 1.80. The molecule has 0 saturated carbocycles. The highest BCUT2D eigenvalue weighted by atomic mass is 16.5. The number of aryl methyl sites for hydroxylation is 1. The lowest BCUT2D eigenvalue weighted by Crippen LogP contribution is -2.41. The SMILES string of the molecule is COCC(NC(=O)NCC(C)CCO)c1ccc(C)o1. The Bertz CT molecular complexity index is 406. The Hall–Kier alpha value is -1.53. The van der Waals surface area contributed by atoms with Gasteiger partial charge in [-0.05, 0) is 31.4 Å². The number of urea groups is 1. The molecule has 2 unspecified atom stereocenters. The highest BCUT2D eigenvalue weighted by Gasteiger charge is 2.17. The minimum atomic E-state index is -0.318. The highest BCUT2D eigenvalue weighted by molar-refractivity contribution is 5.74. The van der Waals surface area contributed by atoms with Crippen LogP contribution in [-0.2, 0) is 4.74 Å². The zero-order valence-corrected chi connectivity index (χ0v) is 12.3. The van der Waals surface area contributed by atoms with E-state index in [1.165, 1.54) is 0 Å². The van der Waals surface area contributed by atoms with E-state index in [0.29, 0.717) is 25.3 Å². The van der Waals surface area contributed by atoms with E-state index in [9.17, 15) is 4.79 Å². The lowest BCUT2D eigenvalue weighted by Gasteiger charge is -2.17. The molecule has 3 N–H and O–H groups in total. The van der Waals surface area contributed by atoms with Crippen molar-refractivity contribution >= 4 is 6.03 Å². The van der Waals surface area contributed by atoms with E-state index >= 15 is 0 Å². The van der Waals surface area contributed by atoms with Crippen LogP contribution in [0.2, 0.25) is 0 Å². The van der Waals surface area contributed by atoms with Crippen LogP contribution in [0.4, 0.5) is 4.79 Å². The van der Waals surface area contributed by atoms with Crippen LogP contribution in [0.1, 0.15) is 30.9 Å². The fraction of sp³-hybridized carbons (Fsp3) is 0.643. The van der Waals surface area contributed by atoms with E-state index in [1.807, 2.05) is 26.0 Å². The van der Waals surface area contributed by atoms with Crippen LogP contribution >= 0.6 is 0 Å². The smallest absolute Gasteiger partial charge is 0.315 e. The molecule has 6 nitrogen and oxygen atoms in total. The summed E-state index contributed by atoms with van der Waals surface area (Å²) in [4.78, 5) is 11.8. The van der Waals surface area contributed by atoms with E-state index in [4.69, 9.17) is 14.3 Å². The van der Waals surface area contributed by atoms with Gasteiger partial charge >= 0.3 is 6.03 Å². The molecule has 2 amide bonds. The number of furan rings is 1. The first kappa shape index (κ1) is 16.5. The van der Waals surface area contributed by atoms with E-state index in [2.05, 4.69) is 10.6 Å². The van der Waals surface area contributed by atoms with Crippen molar-refractivity contribution in [3.8, 4) is 0 Å². The Morgan fingerprint density at radius 1 is 1.50 bits per heavy atom. The molecular weight excluding hydrogens is 260 g/mol. The average Bonchev–Trinajstić information content (AvgIpc) is 2.83. The maximum atomic E-state index is 11.8. The summed E-state index contributed by atoms with van der Waals surface area (Å²) in [7, 11) is 1.58. The van der Waals surface area contributed by atoms with Gasteiger partial charge in [0, 0.05) is 20.3 Å². The summed E-state index contributed by atoms with van der Waals surface area (Å²) >= 11 is 0. The second kappa shape index (κ2) is 8.60. The number of carbonyl (C=O) groups is 1. The Labute approximate surface area is 119 Å². The van der Waals surface area contributed by atoms with Gasteiger partial charge in [0.25, 0.3) is 0 Å². The third kappa shape index (κ3) is 5.63. The molecule has 1 aromatic rings. The topological polar surface area (TPSA) is 83.7 Å². The Morgan fingerprint density at radius 3 is 2.80 bits per heavy atom. The highest BCUT2D eigenvalue weighted by Crippen LogP contribution is 2.16. The Kier molecular flexibility index (Phi) is 7.11. The van der Waals surface area contributed by atoms with Crippen molar-refractivity contribution in [2.75, 3.05) is 26.9 Å². The number of amides is 2. The molecule has 114 valence electrons. The van der Waals surface area contributed by atoms with Crippen molar-refractivity contribution in [2.45, 2.75) is 26.3 Å². The number of hydrogen-bond acceptors (Lipinski definition) is 4. The van der Waals surface area contributed by atoms with Gasteiger partial charge in [-0.2, -0.15) is 0 Å². The standard InChI is InChI=1S/C14H24N2O4/c1-10(6-7-17)8-15-14(18)16-12(9-19-3)13-5-4-11(2)20-13/h4-5,10,12,17H,6-9H2,1-3H3,(H2,15,16,18). The lowest BCUT2D eigenvalue weighted by molar-refractivity contribution is 0.156. The zero-order valence-electron chi connectivity index (χ0n) is 12.3. The summed E-state index contributed by atoms with van der Waals surface area (Å²) in [5.74, 6) is 1.69. The molecule has 0 radical (unpaired) electrons. The van der Waals surface area contributed by atoms with Crippen LogP contribution in [-0.4, -0.2) is 38.0 Å². The maximum absolute atomic E-state index is 11.8. The predicted octanol–water partition coefficient (Wildman–Crippen LogP) is 1.59. The summed E-state index contributed by atoms with van der Waals surface area (Å²) in [5.41, 5.74) is 0. The molecule has 0 bridgehead atoms. The van der Waals surface area contributed by atoms with Gasteiger partial charge in [-0.3, -0.25) is 0 Å². The third-order valence-corrected chi connectivity index (χ3v) is 2.98. The van der Waals surface area contributed by atoms with E-state index < -0.39 is 0 Å². The largest absolute Gasteiger partial charge is 0.464 e. The normalized spacial score (nSPS) is 13.8. The molecule has 1 aromatic heterocycles. The quantitative estimate of drug-likeness (QED) is 0.677. The second-order valence-corrected chi connectivity index (χ2v) is 4.93. The first-order valence-corrected chi connectivity index (χ1v) is 6.77. The van der Waals surface area contributed by atoms with Gasteiger partial charge in [-0.15, -0.1) is 0 Å². The number of methoxy groups -OCH3 is 1. The minimum absolute atomic E-state index is 0.127. The minimum Gasteiger partial charge on any atom is -0.464 e. The maximum Gasteiger partial charge on any atom is 0.315 e. The van der Waals surface area contributed by atoms with Crippen molar-refractivity contribution in [3.63, 3.8) is 0 Å². The number of ether oxygens (including phenoxy) is 1. The molecule has 2 atom stereocenters. The number of nitrogens with one attached hydrogen (secondary N) is 2. The number of rotatable bonds is 8. The molecule has 0 saturated heterocycles. The molecule has 0 aliphatic heterocycles. The number of aliphatic hydroxyl groups is 1. The number of carbonyl (C=O) groups excluding carboxylic acids is 1. The van der Waals surface area contributed by atoms with Crippen LogP contribution < -0.4 is 10.6 Å². The van der Waals surface area contributed by atoms with E-state index in [0.717, 1.165) is 5.76 Å². The van der Waals surface area contributed by atoms with Gasteiger partial charge in [0.05, 0.1) is 6.61 Å². The predicted molar refractivity (Wildman–Crippen MR) is 75.5 cm³/mol. The molecule has 0 aliphatic carbocycles. The van der Waals surface area contributed by atoms with Crippen molar-refractivity contribution < 1.29 is 19.1 Å². The summed E-state index contributed by atoms with van der Waals surface area (Å²) in [5, 5.41) is 14.4. The first-order valence-electron chi connectivity index (χ1n) is 6.77. The van der Waals surface area contributed by atoms with Gasteiger partial charge in [0.1, 0.15) is 17.6 Å². The van der Waals surface area contributed by atoms with Gasteiger partial charge in [-0.1, -0.05) is 6.92 Å². The molecule has 0 fully saturated rings. The van der Waals surface area contributed by atoms with Gasteiger partial charge in [-0.25, -0.2) is 4.79 Å². The van der Waals surface area contributed by atoms with Crippen LogP contribution in [0.15, 0.2) is 16.5 Å². The van der Waals surface area contributed by atoms with Crippen molar-refractivity contribution in [3.05, 3.63) is 23.7 Å². The molecule has 0 aliphatic rings. The molecule has 1 rings (SSSR count). The van der Waals surface area contributed by atoms with E-state index in [1.54, 1.807) is 7.11 Å². The fourth-order valence-electron chi connectivity index (χ4n) is 1.80. The van der Waals surface area contributed by atoms with Gasteiger partial charge in [0.15, 0.2) is 0 Å². The molecule has 0 spiro atoms. The Morgan fingerprint density at radius 2 is 2.25 bits per heavy atom. The van der Waals surface area contributed by atoms with Crippen molar-refractivity contribution in [1.29, 1.82) is 0 Å². The van der Waals surface area contributed by atoms with Crippen LogP contribution in [0, 0.1) is 12.8 Å². The molecular formula is C14H24N2O4. The number of hydrogen-bond donors (Lipinski definition) is 3. The molecule has 1 heterocycles. The zero-order chi connectivity index (χ0) is 15.0. The van der Waals surface area contributed by atoms with Crippen molar-refractivity contribution in [2.24, 2.45) is 5.92 Å². The number of aliphatic hydroxyl groups excluding tert-OH is 1. The molecule has 0 aromatic carbocycles. The lowest BCUT2D eigenvalue weighted by atomic mass is 10.1. The van der Waals surface area contributed by atoms with Gasteiger partial charge < -0.3 is 24.9 Å². The third-order valence-electron chi connectivity index (χ3n) is 2.98. The first-order chi connectivity index (χ1) is 9.56. The summed E-state index contributed by atoms with van der Waals surface area (Å²) in [6.07, 6.45) is 0.666. The van der Waals surface area contributed by atoms with Crippen molar-refractivity contribution in [1.82, 2.24) is 10.6 Å². The Balaban J connectivity index is 2.47. The summed E-state index contributed by atoms with van der Waals surface area (Å²) in [6, 6.07) is 3.09. The summed E-state index contributed by atoms with van der Waals surface area (Å²) in [6.45, 7) is 4.81. The van der Waals surface area contributed by atoms with Gasteiger partial charge in [0.2, 0.25) is 0 Å². The second-order valence-electron chi connectivity index (χ2n) is 4.93. The van der Waals surface area contributed by atoms with Crippen LogP contribution in [0.3, 0.4) is 0 Å². The van der Waals surface area contributed by atoms with Crippen LogP contribution in [0.25, 0.3) is 0 Å². The molecule has 20 heavy (non-hydrogen) atoms.